The van der Waals surface area contributed by atoms with Gasteiger partial charge in [-0.05, 0) is 25.0 Å². The van der Waals surface area contributed by atoms with Crippen molar-refractivity contribution in [3.8, 4) is 0 Å². The molecule has 1 heterocycles. The smallest absolute Gasteiger partial charge is 0.249 e. The zero-order valence-electron chi connectivity index (χ0n) is 11.8. The molecule has 0 aromatic heterocycles. The summed E-state index contributed by atoms with van der Waals surface area (Å²) in [5, 5.41) is 0. The first kappa shape index (κ1) is 15.4. The predicted molar refractivity (Wildman–Crippen MR) is 74.4 cm³/mol. The summed E-state index contributed by atoms with van der Waals surface area (Å²) in [4.78, 5) is 12.6. The van der Waals surface area contributed by atoms with Crippen LogP contribution in [0.4, 0.5) is 8.78 Å². The summed E-state index contributed by atoms with van der Waals surface area (Å²) < 4.78 is 53.2. The maximum Gasteiger partial charge on any atom is 0.249 e. The van der Waals surface area contributed by atoms with Crippen molar-refractivity contribution in [2.45, 2.75) is 17.7 Å². The number of sulfonamides is 1. The van der Waals surface area contributed by atoms with Crippen molar-refractivity contribution < 1.29 is 22.0 Å². The molecule has 0 spiro atoms. The third-order valence-electron chi connectivity index (χ3n) is 3.99. The van der Waals surface area contributed by atoms with Crippen LogP contribution in [0.5, 0.6) is 0 Å². The van der Waals surface area contributed by atoms with Crippen molar-refractivity contribution >= 4 is 15.9 Å². The van der Waals surface area contributed by atoms with Crippen LogP contribution in [-0.4, -0.2) is 49.7 Å². The van der Waals surface area contributed by atoms with E-state index in [2.05, 4.69) is 0 Å². The molecule has 1 saturated carbocycles. The number of amides is 1. The Morgan fingerprint density at radius 3 is 2.09 bits per heavy atom. The van der Waals surface area contributed by atoms with E-state index in [4.69, 9.17) is 0 Å². The van der Waals surface area contributed by atoms with E-state index < -0.39 is 26.6 Å². The van der Waals surface area contributed by atoms with Crippen LogP contribution < -0.4 is 0 Å². The number of carbonyl (C=O) groups is 1. The highest BCUT2D eigenvalue weighted by atomic mass is 32.2. The van der Waals surface area contributed by atoms with Gasteiger partial charge < -0.3 is 4.90 Å². The van der Waals surface area contributed by atoms with Crippen molar-refractivity contribution in [1.82, 2.24) is 9.21 Å². The number of hydrogen-bond acceptors (Lipinski definition) is 3. The van der Waals surface area contributed by atoms with E-state index in [-0.39, 0.29) is 38.0 Å². The molecule has 1 aliphatic carbocycles. The first-order valence-corrected chi connectivity index (χ1v) is 8.58. The van der Waals surface area contributed by atoms with Crippen molar-refractivity contribution in [2.24, 2.45) is 5.92 Å². The molecule has 1 amide bonds. The van der Waals surface area contributed by atoms with Crippen molar-refractivity contribution in [3.05, 3.63) is 29.8 Å². The normalized spacial score (nSPS) is 20.2. The van der Waals surface area contributed by atoms with Gasteiger partial charge in [0.2, 0.25) is 15.9 Å². The van der Waals surface area contributed by atoms with Crippen molar-refractivity contribution in [1.29, 1.82) is 0 Å². The summed E-state index contributed by atoms with van der Waals surface area (Å²) in [5.41, 5.74) is 0. The van der Waals surface area contributed by atoms with Crippen LogP contribution in [0.1, 0.15) is 12.8 Å². The lowest BCUT2D eigenvalue weighted by Crippen LogP contribution is -2.51. The van der Waals surface area contributed by atoms with Crippen molar-refractivity contribution in [3.63, 3.8) is 0 Å². The lowest BCUT2D eigenvalue weighted by molar-refractivity contribution is -0.133. The highest BCUT2D eigenvalue weighted by molar-refractivity contribution is 7.89. The molecule has 2 fully saturated rings. The van der Waals surface area contributed by atoms with E-state index in [0.29, 0.717) is 0 Å². The van der Waals surface area contributed by atoms with E-state index in [1.54, 1.807) is 4.90 Å². The van der Waals surface area contributed by atoms with Gasteiger partial charge in [0, 0.05) is 32.1 Å². The molecule has 0 radical (unpaired) electrons. The number of hydrogen-bond donors (Lipinski definition) is 0. The molecule has 0 bridgehead atoms. The molecule has 2 aliphatic rings. The third kappa shape index (κ3) is 2.72. The molecule has 5 nitrogen and oxygen atoms in total. The Balaban J connectivity index is 1.76. The van der Waals surface area contributed by atoms with Crippen LogP contribution >= 0.6 is 0 Å². The molecular weight excluding hydrogens is 314 g/mol. The fourth-order valence-electron chi connectivity index (χ4n) is 2.60. The van der Waals surface area contributed by atoms with Gasteiger partial charge in [-0.3, -0.25) is 4.79 Å². The van der Waals surface area contributed by atoms with Crippen LogP contribution in [0.2, 0.25) is 0 Å². The van der Waals surface area contributed by atoms with Gasteiger partial charge in [-0.15, -0.1) is 0 Å². The Hall–Kier alpha value is -1.54. The molecule has 8 heteroatoms. The highest BCUT2D eigenvalue weighted by Crippen LogP contribution is 2.31. The van der Waals surface area contributed by atoms with Gasteiger partial charge in [-0.25, -0.2) is 17.2 Å². The van der Waals surface area contributed by atoms with Gasteiger partial charge in [-0.2, -0.15) is 4.31 Å². The lowest BCUT2D eigenvalue weighted by atomic mass is 10.3. The lowest BCUT2D eigenvalue weighted by Gasteiger charge is -2.34. The molecular formula is C14H16F2N2O3S. The van der Waals surface area contributed by atoms with Crippen LogP contribution in [0.15, 0.2) is 23.1 Å². The van der Waals surface area contributed by atoms with Crippen LogP contribution in [-0.2, 0) is 14.8 Å². The minimum Gasteiger partial charge on any atom is -0.340 e. The molecule has 1 aromatic rings. The molecule has 0 N–H and O–H groups in total. The summed E-state index contributed by atoms with van der Waals surface area (Å²) in [6.45, 7) is 0.610. The second kappa shape index (κ2) is 5.58. The number of halogens is 2. The molecule has 1 saturated heterocycles. The molecule has 0 unspecified atom stereocenters. The number of piperazine rings is 1. The van der Waals surface area contributed by atoms with E-state index in [0.717, 1.165) is 35.3 Å². The molecule has 1 aliphatic heterocycles. The molecule has 3 rings (SSSR count). The second-order valence-corrected chi connectivity index (χ2v) is 7.43. The Labute approximate surface area is 127 Å². The number of rotatable bonds is 3. The molecule has 22 heavy (non-hydrogen) atoms. The van der Waals surface area contributed by atoms with E-state index in [1.165, 1.54) is 0 Å². The van der Waals surface area contributed by atoms with Gasteiger partial charge >= 0.3 is 0 Å². The van der Waals surface area contributed by atoms with Crippen molar-refractivity contribution in [2.75, 3.05) is 26.2 Å². The first-order valence-electron chi connectivity index (χ1n) is 7.14. The van der Waals surface area contributed by atoms with Crippen LogP contribution in [0.25, 0.3) is 0 Å². The number of benzene rings is 1. The minimum atomic E-state index is -4.23. The maximum atomic E-state index is 13.7. The van der Waals surface area contributed by atoms with Gasteiger partial charge in [0.25, 0.3) is 0 Å². The topological polar surface area (TPSA) is 57.7 Å². The Bertz CT molecular complexity index is 676. The standard InChI is InChI=1S/C14H16F2N2O3S/c15-11-2-1-3-12(16)13(11)22(20,21)18-8-6-17(7-9-18)14(19)10-4-5-10/h1-3,10H,4-9H2. The van der Waals surface area contributed by atoms with E-state index in [9.17, 15) is 22.0 Å². The fraction of sp³-hybridized carbons (Fsp3) is 0.500. The monoisotopic (exact) mass is 330 g/mol. The third-order valence-corrected chi connectivity index (χ3v) is 5.94. The summed E-state index contributed by atoms with van der Waals surface area (Å²) in [6, 6.07) is 2.96. The fourth-order valence-corrected chi connectivity index (χ4v) is 4.13. The highest BCUT2D eigenvalue weighted by Gasteiger charge is 2.38. The predicted octanol–water partition coefficient (Wildman–Crippen LogP) is 1.21. The molecule has 0 atom stereocenters. The SMILES string of the molecule is O=C(C1CC1)N1CCN(S(=O)(=O)c2c(F)cccc2F)CC1. The number of nitrogens with zero attached hydrogens (tertiary/aromatic N) is 2. The van der Waals surface area contributed by atoms with Gasteiger partial charge in [0.05, 0.1) is 0 Å². The summed E-state index contributed by atoms with van der Waals surface area (Å²) in [7, 11) is -4.23. The molecule has 1 aromatic carbocycles. The summed E-state index contributed by atoms with van der Waals surface area (Å²) in [6.07, 6.45) is 1.77. The van der Waals surface area contributed by atoms with Gasteiger partial charge in [-0.1, -0.05) is 6.07 Å². The number of carbonyl (C=O) groups excluding carboxylic acids is 1. The van der Waals surface area contributed by atoms with Gasteiger partial charge in [0.15, 0.2) is 4.90 Å². The van der Waals surface area contributed by atoms with E-state index >= 15 is 0 Å². The largest absolute Gasteiger partial charge is 0.340 e. The van der Waals surface area contributed by atoms with Crippen LogP contribution in [0, 0.1) is 17.6 Å². The zero-order valence-corrected chi connectivity index (χ0v) is 12.7. The quantitative estimate of drug-likeness (QED) is 0.837. The zero-order chi connectivity index (χ0) is 15.9. The summed E-state index contributed by atoms with van der Waals surface area (Å²) in [5.74, 6) is -2.07. The minimum absolute atomic E-state index is 0.0501. The van der Waals surface area contributed by atoms with Crippen LogP contribution in [0.3, 0.4) is 0 Å². The average molecular weight is 330 g/mol. The Morgan fingerprint density at radius 1 is 1.05 bits per heavy atom. The molecule has 120 valence electrons. The van der Waals surface area contributed by atoms with E-state index in [1.807, 2.05) is 0 Å². The second-order valence-electron chi connectivity index (χ2n) is 5.55. The average Bonchev–Trinajstić information content (AvgIpc) is 3.31. The van der Waals surface area contributed by atoms with Gasteiger partial charge in [0.1, 0.15) is 11.6 Å². The summed E-state index contributed by atoms with van der Waals surface area (Å²) >= 11 is 0. The Morgan fingerprint density at radius 2 is 1.59 bits per heavy atom. The maximum absolute atomic E-state index is 13.7. The Kier molecular flexibility index (Phi) is 3.90. The first-order chi connectivity index (χ1) is 10.4.